The average molecular weight is 310 g/mol. The average Bonchev–Trinajstić information content (AvgIpc) is 2.76. The number of hydrogen-bond donors (Lipinski definition) is 0. The Morgan fingerprint density at radius 3 is 2.61 bits per heavy atom. The maximum absolute atomic E-state index is 11.9. The van der Waals surface area contributed by atoms with Gasteiger partial charge in [0.15, 0.2) is 10.4 Å². The highest BCUT2D eigenvalue weighted by atomic mass is 79.9. The fourth-order valence-electron chi connectivity index (χ4n) is 1.56. The highest BCUT2D eigenvalue weighted by Crippen LogP contribution is 2.21. The van der Waals surface area contributed by atoms with Crippen molar-refractivity contribution in [3.8, 4) is 0 Å². The minimum Gasteiger partial charge on any atom is -0.446 e. The van der Waals surface area contributed by atoms with Gasteiger partial charge in [-0.05, 0) is 28.1 Å². The molecule has 1 aromatic heterocycles. The van der Waals surface area contributed by atoms with E-state index in [4.69, 9.17) is 4.42 Å². The summed E-state index contributed by atoms with van der Waals surface area (Å²) in [5.74, 6) is -0.116. The van der Waals surface area contributed by atoms with Gasteiger partial charge in [-0.1, -0.05) is 18.2 Å². The number of ketones is 1. The molecule has 0 atom stereocenters. The number of halogens is 1. The van der Waals surface area contributed by atoms with Crippen molar-refractivity contribution >= 4 is 27.4 Å². The minimum atomic E-state index is -0.499. The standard InChI is InChI=1S/C12H8BrNO4/c13-12-6-5-11(18-12)10(15)7-8-3-1-2-4-9(8)14(16)17/h1-6H,7H2. The summed E-state index contributed by atoms with van der Waals surface area (Å²) >= 11 is 3.10. The van der Waals surface area contributed by atoms with Gasteiger partial charge in [0.1, 0.15) is 0 Å². The molecule has 2 aromatic rings. The topological polar surface area (TPSA) is 73.3 Å². The van der Waals surface area contributed by atoms with Crippen LogP contribution < -0.4 is 0 Å². The van der Waals surface area contributed by atoms with E-state index in [1.165, 1.54) is 12.1 Å². The zero-order chi connectivity index (χ0) is 13.1. The number of benzene rings is 1. The van der Waals surface area contributed by atoms with Crippen molar-refractivity contribution in [2.75, 3.05) is 0 Å². The molecule has 0 unspecified atom stereocenters. The molecule has 0 N–H and O–H groups in total. The normalized spacial score (nSPS) is 10.3. The van der Waals surface area contributed by atoms with Crippen molar-refractivity contribution in [1.29, 1.82) is 0 Å². The smallest absolute Gasteiger partial charge is 0.273 e. The molecule has 92 valence electrons. The van der Waals surface area contributed by atoms with Crippen LogP contribution in [0, 0.1) is 10.1 Å². The predicted octanol–water partition coefficient (Wildman–Crippen LogP) is 3.38. The number of nitrogens with zero attached hydrogens (tertiary/aromatic N) is 1. The molecule has 0 radical (unpaired) electrons. The van der Waals surface area contributed by atoms with Crippen molar-refractivity contribution in [2.45, 2.75) is 6.42 Å². The van der Waals surface area contributed by atoms with Gasteiger partial charge in [-0.25, -0.2) is 0 Å². The van der Waals surface area contributed by atoms with Gasteiger partial charge in [0.25, 0.3) is 5.69 Å². The molecule has 0 amide bonds. The van der Waals surface area contributed by atoms with Crippen molar-refractivity contribution < 1.29 is 14.1 Å². The van der Waals surface area contributed by atoms with Crippen molar-refractivity contribution in [3.63, 3.8) is 0 Å². The number of furan rings is 1. The van der Waals surface area contributed by atoms with E-state index in [1.807, 2.05) is 0 Å². The van der Waals surface area contributed by atoms with Gasteiger partial charge in [0.05, 0.1) is 4.92 Å². The predicted molar refractivity (Wildman–Crippen MR) is 67.5 cm³/mol. The quantitative estimate of drug-likeness (QED) is 0.493. The summed E-state index contributed by atoms with van der Waals surface area (Å²) in [6.45, 7) is 0. The third-order valence-corrected chi connectivity index (χ3v) is 2.81. The highest BCUT2D eigenvalue weighted by molar-refractivity contribution is 9.10. The van der Waals surface area contributed by atoms with Gasteiger partial charge < -0.3 is 4.42 Å². The summed E-state index contributed by atoms with van der Waals surface area (Å²) in [5.41, 5.74) is 0.316. The van der Waals surface area contributed by atoms with Crippen LogP contribution in [0.1, 0.15) is 16.1 Å². The van der Waals surface area contributed by atoms with E-state index in [0.717, 1.165) is 0 Å². The van der Waals surface area contributed by atoms with Crippen molar-refractivity contribution in [2.24, 2.45) is 0 Å². The van der Waals surface area contributed by atoms with Crippen LogP contribution in [0.5, 0.6) is 0 Å². The highest BCUT2D eigenvalue weighted by Gasteiger charge is 2.18. The molecule has 2 rings (SSSR count). The SMILES string of the molecule is O=C(Cc1ccccc1[N+](=O)[O-])c1ccc(Br)o1. The molecule has 0 saturated heterocycles. The van der Waals surface area contributed by atoms with E-state index >= 15 is 0 Å². The van der Waals surface area contributed by atoms with Crippen LogP contribution in [0.25, 0.3) is 0 Å². The third-order valence-electron chi connectivity index (χ3n) is 2.39. The Kier molecular flexibility index (Phi) is 3.57. The molecule has 6 heteroatoms. The van der Waals surface area contributed by atoms with Crippen LogP contribution in [-0.2, 0) is 6.42 Å². The molecule has 0 aliphatic rings. The molecule has 0 bridgehead atoms. The molecular weight excluding hydrogens is 302 g/mol. The van der Waals surface area contributed by atoms with Crippen LogP contribution in [-0.4, -0.2) is 10.7 Å². The Hall–Kier alpha value is -1.95. The van der Waals surface area contributed by atoms with E-state index in [2.05, 4.69) is 15.9 Å². The largest absolute Gasteiger partial charge is 0.446 e. The lowest BCUT2D eigenvalue weighted by Crippen LogP contribution is -2.04. The van der Waals surface area contributed by atoms with Crippen molar-refractivity contribution in [3.05, 3.63) is 62.5 Å². The fraction of sp³-hybridized carbons (Fsp3) is 0.0833. The summed E-state index contributed by atoms with van der Waals surface area (Å²) in [6.07, 6.45) is -0.0584. The van der Waals surface area contributed by atoms with E-state index in [-0.39, 0.29) is 23.7 Å². The van der Waals surface area contributed by atoms with E-state index in [1.54, 1.807) is 24.3 Å². The Labute approximate surface area is 111 Å². The molecular formula is C12H8BrNO4. The summed E-state index contributed by atoms with van der Waals surface area (Å²) in [5, 5.41) is 10.8. The third kappa shape index (κ3) is 2.65. The second-order valence-corrected chi connectivity index (χ2v) is 4.37. The summed E-state index contributed by atoms with van der Waals surface area (Å²) in [7, 11) is 0. The lowest BCUT2D eigenvalue weighted by atomic mass is 10.1. The van der Waals surface area contributed by atoms with Gasteiger partial charge in [0.2, 0.25) is 5.78 Å². The number of rotatable bonds is 4. The van der Waals surface area contributed by atoms with Crippen LogP contribution in [0.4, 0.5) is 5.69 Å². The monoisotopic (exact) mass is 309 g/mol. The first-order valence-electron chi connectivity index (χ1n) is 5.09. The maximum Gasteiger partial charge on any atom is 0.273 e. The number of nitro groups is 1. The second kappa shape index (κ2) is 5.14. The Bertz CT molecular complexity index is 606. The fourth-order valence-corrected chi connectivity index (χ4v) is 1.87. The molecule has 1 heterocycles. The molecule has 0 aliphatic carbocycles. The van der Waals surface area contributed by atoms with Gasteiger partial charge in [-0.3, -0.25) is 14.9 Å². The maximum atomic E-state index is 11.9. The molecule has 1 aromatic carbocycles. The molecule has 0 saturated carbocycles. The number of para-hydroxylation sites is 1. The molecule has 18 heavy (non-hydrogen) atoms. The lowest BCUT2D eigenvalue weighted by Gasteiger charge is -2.00. The number of hydrogen-bond acceptors (Lipinski definition) is 4. The lowest BCUT2D eigenvalue weighted by molar-refractivity contribution is -0.385. The van der Waals surface area contributed by atoms with E-state index < -0.39 is 4.92 Å². The van der Waals surface area contributed by atoms with Gasteiger partial charge in [-0.15, -0.1) is 0 Å². The number of nitro benzene ring substituents is 1. The zero-order valence-corrected chi connectivity index (χ0v) is 10.7. The molecule has 0 aliphatic heterocycles. The first kappa shape index (κ1) is 12.5. The van der Waals surface area contributed by atoms with Crippen LogP contribution in [0.15, 0.2) is 45.5 Å². The van der Waals surface area contributed by atoms with E-state index in [9.17, 15) is 14.9 Å². The zero-order valence-electron chi connectivity index (χ0n) is 9.13. The molecule has 0 spiro atoms. The first-order valence-corrected chi connectivity index (χ1v) is 5.88. The minimum absolute atomic E-state index is 0.0584. The van der Waals surface area contributed by atoms with Gasteiger partial charge in [0, 0.05) is 18.1 Å². The summed E-state index contributed by atoms with van der Waals surface area (Å²) in [4.78, 5) is 22.2. The van der Waals surface area contributed by atoms with Gasteiger partial charge >= 0.3 is 0 Å². The first-order chi connectivity index (χ1) is 8.58. The van der Waals surface area contributed by atoms with Gasteiger partial charge in [-0.2, -0.15) is 0 Å². The number of carbonyl (C=O) groups is 1. The second-order valence-electron chi connectivity index (χ2n) is 3.59. The number of carbonyl (C=O) groups excluding carboxylic acids is 1. The van der Waals surface area contributed by atoms with E-state index in [0.29, 0.717) is 10.2 Å². The number of Topliss-reactive ketones (excluding diaryl/α,β-unsaturated/α-hetero) is 1. The van der Waals surface area contributed by atoms with Crippen LogP contribution in [0.2, 0.25) is 0 Å². The Balaban J connectivity index is 2.24. The molecule has 0 fully saturated rings. The van der Waals surface area contributed by atoms with Crippen LogP contribution in [0.3, 0.4) is 0 Å². The Morgan fingerprint density at radius 1 is 1.28 bits per heavy atom. The van der Waals surface area contributed by atoms with Crippen molar-refractivity contribution in [1.82, 2.24) is 0 Å². The summed E-state index contributed by atoms with van der Waals surface area (Å²) in [6, 6.07) is 9.30. The Morgan fingerprint density at radius 2 is 2.00 bits per heavy atom. The summed E-state index contributed by atoms with van der Waals surface area (Å²) < 4.78 is 5.57. The van der Waals surface area contributed by atoms with Crippen LogP contribution >= 0.6 is 15.9 Å². The molecule has 5 nitrogen and oxygen atoms in total.